The van der Waals surface area contributed by atoms with Crippen molar-refractivity contribution in [3.05, 3.63) is 65.7 Å². The van der Waals surface area contributed by atoms with Crippen molar-refractivity contribution in [2.45, 2.75) is 145 Å². The number of benzene rings is 2. The van der Waals surface area contributed by atoms with Gasteiger partial charge in [0.15, 0.2) is 0 Å². The second-order valence-electron chi connectivity index (χ2n) is 19.5. The molecule has 0 spiro atoms. The van der Waals surface area contributed by atoms with Crippen LogP contribution in [0.2, 0.25) is 0 Å². The highest BCUT2D eigenvalue weighted by molar-refractivity contribution is 5.99. The van der Waals surface area contributed by atoms with E-state index in [9.17, 15) is 92.7 Å². The van der Waals surface area contributed by atoms with Gasteiger partial charge >= 0.3 is 17.9 Å². The van der Waals surface area contributed by atoms with Gasteiger partial charge in [-0.2, -0.15) is 0 Å². The largest absolute Gasteiger partial charge is 0.508 e. The summed E-state index contributed by atoms with van der Waals surface area (Å²) in [4.78, 5) is 182. The number of nitrogens with two attached hydrogens (primary N) is 3. The number of aliphatic hydroxyl groups is 2. The average Bonchev–Trinajstić information content (AvgIpc) is 3.59. The zero-order valence-corrected chi connectivity index (χ0v) is 46.2. The van der Waals surface area contributed by atoms with Gasteiger partial charge in [0.25, 0.3) is 0 Å². The summed E-state index contributed by atoms with van der Waals surface area (Å²) in [7, 11) is 0. The molecular weight excluding hydrogens is 1110 g/mol. The van der Waals surface area contributed by atoms with Crippen LogP contribution in [-0.2, 0) is 80.0 Å². The summed E-state index contributed by atoms with van der Waals surface area (Å²) in [6.07, 6.45) is -7.15. The number of hydrogen-bond acceptors (Lipinski definition) is 18. The third-order valence-corrected chi connectivity index (χ3v) is 12.6. The Labute approximate surface area is 480 Å². The van der Waals surface area contributed by atoms with Crippen molar-refractivity contribution in [2.75, 3.05) is 13.2 Å². The molecule has 0 aromatic heterocycles. The van der Waals surface area contributed by atoms with Crippen LogP contribution in [0, 0.1) is 5.92 Å². The van der Waals surface area contributed by atoms with Crippen LogP contribution in [0.1, 0.15) is 83.3 Å². The normalized spacial score (nSPS) is 14.8. The van der Waals surface area contributed by atoms with Gasteiger partial charge in [-0.15, -0.1) is 0 Å². The molecule has 0 aliphatic rings. The number of carbonyl (C=O) groups is 14. The van der Waals surface area contributed by atoms with E-state index in [4.69, 9.17) is 22.3 Å². The Hall–Kier alpha value is -9.30. The molecule has 0 radical (unpaired) electrons. The first kappa shape index (κ1) is 70.8. The molecule has 0 fully saturated rings. The van der Waals surface area contributed by atoms with E-state index in [0.717, 1.165) is 6.92 Å². The average molecular weight is 1190 g/mol. The SMILES string of the molecule is CC[C@H](C)[C@H](NC(=O)[C@H](CC(N)=O)NC(=O)[C@H](CCC(N)=O)NC(=O)CNC(=O)[C@@H](N)CO)C(=O)N[C@H](C(=O)N[C@@H](CCC(=O)O)C(=O)N[C@@H](CCC(=O)O)C(=O)N[C@@H](Cc1ccccc1)C(=O)N[C@@H](Cc1ccc(O)cc1)C(=O)O)[C@@H](C)O. The number of aliphatic hydroxyl groups excluding tert-OH is 2. The summed E-state index contributed by atoms with van der Waals surface area (Å²) < 4.78 is 0. The van der Waals surface area contributed by atoms with Crippen molar-refractivity contribution < 1.29 is 97.8 Å². The van der Waals surface area contributed by atoms with E-state index in [1.807, 2.05) is 0 Å². The molecule has 84 heavy (non-hydrogen) atoms. The Balaban J connectivity index is 2.44. The number of rotatable bonds is 38. The summed E-state index contributed by atoms with van der Waals surface area (Å²) in [5, 5.41) is 79.2. The maximum absolute atomic E-state index is 14.1. The summed E-state index contributed by atoms with van der Waals surface area (Å²) in [6.45, 7) is 2.52. The van der Waals surface area contributed by atoms with E-state index < -0.39 is 207 Å². The number of primary amides is 2. The Kier molecular flexibility index (Phi) is 30.0. The van der Waals surface area contributed by atoms with E-state index in [1.165, 1.54) is 31.2 Å². The van der Waals surface area contributed by atoms with Crippen LogP contribution in [-0.4, -0.2) is 187 Å². The lowest BCUT2D eigenvalue weighted by Gasteiger charge is -2.30. The predicted octanol–water partition coefficient (Wildman–Crippen LogP) is -6.13. The van der Waals surface area contributed by atoms with Crippen LogP contribution in [0.25, 0.3) is 0 Å². The minimum absolute atomic E-state index is 0.109. The van der Waals surface area contributed by atoms with Gasteiger partial charge in [0.1, 0.15) is 60.1 Å². The first-order valence-electron chi connectivity index (χ1n) is 26.2. The van der Waals surface area contributed by atoms with Crippen LogP contribution < -0.4 is 65.1 Å². The van der Waals surface area contributed by atoms with E-state index >= 15 is 0 Å². The molecule has 0 unspecified atom stereocenters. The fourth-order valence-electron chi connectivity index (χ4n) is 7.75. The molecule has 32 heteroatoms. The summed E-state index contributed by atoms with van der Waals surface area (Å²) in [6, 6.07) is -2.08. The van der Waals surface area contributed by atoms with Gasteiger partial charge < -0.3 is 95.7 Å². The molecule has 32 nitrogen and oxygen atoms in total. The highest BCUT2D eigenvalue weighted by Crippen LogP contribution is 2.15. The third-order valence-electron chi connectivity index (χ3n) is 12.6. The van der Waals surface area contributed by atoms with Crippen molar-refractivity contribution in [2.24, 2.45) is 23.1 Å². The van der Waals surface area contributed by atoms with Crippen molar-refractivity contribution >= 4 is 82.9 Å². The summed E-state index contributed by atoms with van der Waals surface area (Å²) in [5.74, 6) is -17.8. The number of amides is 11. The van der Waals surface area contributed by atoms with Crippen LogP contribution in [0.4, 0.5) is 0 Å². The number of carboxylic acid groups (broad SMARTS) is 3. The number of carbonyl (C=O) groups excluding carboxylic acids is 11. The lowest BCUT2D eigenvalue weighted by atomic mass is 9.96. The number of nitrogens with one attached hydrogen (secondary N) is 9. The monoisotopic (exact) mass is 1190 g/mol. The highest BCUT2D eigenvalue weighted by atomic mass is 16.4. The number of aromatic hydroxyl groups is 1. The topological polar surface area (TPSA) is 547 Å². The lowest BCUT2D eigenvalue weighted by Crippen LogP contribution is -2.63. The van der Waals surface area contributed by atoms with E-state index in [2.05, 4.69) is 47.9 Å². The second-order valence-corrected chi connectivity index (χ2v) is 19.5. The standard InChI is InChI=1S/C52H74N12O20/c1-4-25(2)42(63-49(80)35(22-38(55)69)61-45(76)31(14-17-37(54)68)57-39(70)23-56-44(75)30(53)24-65)50(81)64-43(26(3)66)51(82)59-33(16-19-41(73)74)46(77)58-32(15-18-40(71)72)47(78)60-34(20-27-8-6-5-7-9-27)48(79)62-36(52(83)84)21-28-10-12-29(67)13-11-28/h5-13,25-26,30-36,42-43,65-67H,4,14-24,53H2,1-3H3,(H2,54,68)(H2,55,69)(H,56,75)(H,57,70)(H,58,77)(H,59,82)(H,60,78)(H,61,76)(H,62,79)(H,63,80)(H,64,81)(H,71,72)(H,73,74)(H,83,84)/t25-,26+,30-,31-,32-,33-,34-,35-,36-,42-,43-/m0/s1. The number of phenols is 1. The summed E-state index contributed by atoms with van der Waals surface area (Å²) >= 11 is 0. The van der Waals surface area contributed by atoms with E-state index in [-0.39, 0.29) is 25.0 Å². The molecule has 0 aliphatic carbocycles. The minimum atomic E-state index is -2.02. The number of hydrogen-bond donors (Lipinski definition) is 18. The molecule has 462 valence electrons. The zero-order chi connectivity index (χ0) is 63.4. The number of aliphatic carboxylic acids is 3. The Morgan fingerprint density at radius 1 is 0.500 bits per heavy atom. The number of carboxylic acids is 3. The van der Waals surface area contributed by atoms with Gasteiger partial charge in [-0.25, -0.2) is 4.79 Å². The Bertz CT molecular complexity index is 2660. The van der Waals surface area contributed by atoms with Gasteiger partial charge in [0.2, 0.25) is 65.0 Å². The Morgan fingerprint density at radius 2 is 0.929 bits per heavy atom. The van der Waals surface area contributed by atoms with Crippen molar-refractivity contribution in [3.63, 3.8) is 0 Å². The quantitative estimate of drug-likeness (QED) is 0.0297. The van der Waals surface area contributed by atoms with Crippen LogP contribution >= 0.6 is 0 Å². The predicted molar refractivity (Wildman–Crippen MR) is 290 cm³/mol. The first-order valence-corrected chi connectivity index (χ1v) is 26.2. The summed E-state index contributed by atoms with van der Waals surface area (Å²) in [5.41, 5.74) is 16.9. The molecule has 11 amide bonds. The van der Waals surface area contributed by atoms with Crippen LogP contribution in [0.3, 0.4) is 0 Å². The third kappa shape index (κ3) is 25.7. The molecule has 0 saturated carbocycles. The fraction of sp³-hybridized carbons (Fsp3) is 0.500. The van der Waals surface area contributed by atoms with Gasteiger partial charge in [-0.05, 0) is 55.4 Å². The fourth-order valence-corrected chi connectivity index (χ4v) is 7.75. The van der Waals surface area contributed by atoms with E-state index in [1.54, 1.807) is 37.3 Å². The minimum Gasteiger partial charge on any atom is -0.508 e. The zero-order valence-electron chi connectivity index (χ0n) is 46.2. The van der Waals surface area contributed by atoms with Gasteiger partial charge in [0.05, 0.1) is 25.7 Å². The molecule has 0 heterocycles. The maximum Gasteiger partial charge on any atom is 0.326 e. The molecule has 21 N–H and O–H groups in total. The van der Waals surface area contributed by atoms with Gasteiger partial charge in [-0.3, -0.25) is 62.3 Å². The van der Waals surface area contributed by atoms with Crippen molar-refractivity contribution in [1.82, 2.24) is 47.9 Å². The number of phenolic OH excluding ortho intramolecular Hbond substituents is 1. The highest BCUT2D eigenvalue weighted by Gasteiger charge is 2.38. The van der Waals surface area contributed by atoms with Crippen LogP contribution in [0.15, 0.2) is 54.6 Å². The molecule has 0 bridgehead atoms. The second kappa shape index (κ2) is 35.5. The molecule has 11 atom stereocenters. The van der Waals surface area contributed by atoms with Gasteiger partial charge in [0, 0.05) is 32.1 Å². The Morgan fingerprint density at radius 3 is 1.42 bits per heavy atom. The van der Waals surface area contributed by atoms with Crippen molar-refractivity contribution in [3.8, 4) is 5.75 Å². The first-order chi connectivity index (χ1) is 39.5. The van der Waals surface area contributed by atoms with Crippen molar-refractivity contribution in [1.29, 1.82) is 0 Å². The smallest absolute Gasteiger partial charge is 0.326 e. The molecule has 2 rings (SSSR count). The van der Waals surface area contributed by atoms with Gasteiger partial charge in [-0.1, -0.05) is 62.7 Å². The van der Waals surface area contributed by atoms with Crippen LogP contribution in [0.5, 0.6) is 5.75 Å². The molecule has 2 aromatic rings. The lowest BCUT2D eigenvalue weighted by molar-refractivity contribution is -0.142. The molecular formula is C52H74N12O20. The molecule has 0 saturated heterocycles. The molecule has 2 aromatic carbocycles. The molecule has 0 aliphatic heterocycles. The van der Waals surface area contributed by atoms with E-state index in [0.29, 0.717) is 11.1 Å². The maximum atomic E-state index is 14.1.